The first kappa shape index (κ1) is 22.4. The molecule has 1 saturated heterocycles. The molecule has 4 nitrogen and oxygen atoms in total. The third-order valence-electron chi connectivity index (χ3n) is 3.67. The van der Waals surface area contributed by atoms with E-state index in [2.05, 4.69) is 19.2 Å². The number of rotatable bonds is 6. The lowest BCUT2D eigenvalue weighted by molar-refractivity contribution is -0.141. The second-order valence-corrected chi connectivity index (χ2v) is 12.6. The summed E-state index contributed by atoms with van der Waals surface area (Å²) in [4.78, 5) is 23.7. The first-order valence-corrected chi connectivity index (χ1v) is 13.0. The van der Waals surface area contributed by atoms with Gasteiger partial charge in [-0.2, -0.15) is 0 Å². The summed E-state index contributed by atoms with van der Waals surface area (Å²) in [7, 11) is 6.62. The van der Waals surface area contributed by atoms with E-state index in [-0.39, 0.29) is 5.91 Å². The maximum Gasteiger partial charge on any atom is 0.327 e. The van der Waals surface area contributed by atoms with Crippen LogP contribution in [-0.4, -0.2) is 44.5 Å². The molecule has 1 fully saturated rings. The zero-order chi connectivity index (χ0) is 18.2. The number of nitrogens with one attached hydrogen (secondary N) is 1. The van der Waals surface area contributed by atoms with E-state index in [9.17, 15) is 14.7 Å². The molecule has 2 unspecified atom stereocenters. The molecule has 140 valence electrons. The number of amides is 1. The predicted octanol–water partition coefficient (Wildman–Crippen LogP) is 4.70. The molecule has 0 aromatic rings. The minimum Gasteiger partial charge on any atom is -0.480 e. The van der Waals surface area contributed by atoms with E-state index in [0.717, 1.165) is 18.1 Å². The SMILES string of the molecule is CC(C)CCCCC1CSSC(C)(C)C(=O)NC(C(=O)O)CSS1. The van der Waals surface area contributed by atoms with Crippen molar-refractivity contribution in [1.29, 1.82) is 0 Å². The summed E-state index contributed by atoms with van der Waals surface area (Å²) in [5, 5.41) is 12.5. The van der Waals surface area contributed by atoms with Gasteiger partial charge in [0.05, 0.1) is 4.75 Å². The van der Waals surface area contributed by atoms with Gasteiger partial charge in [-0.3, -0.25) is 4.79 Å². The van der Waals surface area contributed by atoms with Gasteiger partial charge in [0.25, 0.3) is 0 Å². The largest absolute Gasteiger partial charge is 0.480 e. The molecule has 0 aliphatic carbocycles. The molecule has 1 amide bonds. The Hall–Kier alpha value is 0.340. The number of carboxylic acid groups (broad SMARTS) is 1. The molecule has 0 spiro atoms. The molecule has 2 atom stereocenters. The van der Waals surface area contributed by atoms with Crippen molar-refractivity contribution in [2.45, 2.75) is 69.4 Å². The third-order valence-corrected chi connectivity index (χ3v) is 10.1. The van der Waals surface area contributed by atoms with Crippen LogP contribution in [0.4, 0.5) is 0 Å². The summed E-state index contributed by atoms with van der Waals surface area (Å²) in [5.74, 6) is 0.975. The van der Waals surface area contributed by atoms with Crippen LogP contribution in [0.15, 0.2) is 0 Å². The molecule has 1 rings (SSSR count). The van der Waals surface area contributed by atoms with Gasteiger partial charge in [-0.15, -0.1) is 0 Å². The smallest absolute Gasteiger partial charge is 0.327 e. The van der Waals surface area contributed by atoms with Crippen molar-refractivity contribution in [3.05, 3.63) is 0 Å². The summed E-state index contributed by atoms with van der Waals surface area (Å²) < 4.78 is -0.625. The Kier molecular flexibility index (Phi) is 10.4. The number of carbonyl (C=O) groups is 2. The van der Waals surface area contributed by atoms with Gasteiger partial charge in [-0.1, -0.05) is 76.3 Å². The molecular formula is C16H29NO3S4. The predicted molar refractivity (Wildman–Crippen MR) is 111 cm³/mol. The molecule has 1 heterocycles. The van der Waals surface area contributed by atoms with Crippen molar-refractivity contribution in [1.82, 2.24) is 5.32 Å². The van der Waals surface area contributed by atoms with Gasteiger partial charge in [0.2, 0.25) is 5.91 Å². The average molecular weight is 412 g/mol. The van der Waals surface area contributed by atoms with Gasteiger partial charge >= 0.3 is 5.97 Å². The highest BCUT2D eigenvalue weighted by Crippen LogP contribution is 2.41. The van der Waals surface area contributed by atoms with Crippen LogP contribution in [0.3, 0.4) is 0 Å². The molecular weight excluding hydrogens is 382 g/mol. The number of aliphatic carboxylic acids is 1. The fourth-order valence-electron chi connectivity index (χ4n) is 2.09. The summed E-state index contributed by atoms with van der Waals surface area (Å²) in [6, 6.07) is -0.820. The Bertz CT molecular complexity index is 418. The van der Waals surface area contributed by atoms with Crippen molar-refractivity contribution < 1.29 is 14.7 Å². The van der Waals surface area contributed by atoms with Crippen LogP contribution in [0, 0.1) is 5.92 Å². The molecule has 0 saturated carbocycles. The number of hydrogen-bond acceptors (Lipinski definition) is 6. The molecule has 0 radical (unpaired) electrons. The van der Waals surface area contributed by atoms with Crippen LogP contribution in [0.2, 0.25) is 0 Å². The van der Waals surface area contributed by atoms with E-state index in [4.69, 9.17) is 0 Å². The molecule has 0 aromatic carbocycles. The Balaban J connectivity index is 2.61. The summed E-state index contributed by atoms with van der Waals surface area (Å²) in [6.07, 6.45) is 4.88. The fourth-order valence-corrected chi connectivity index (χ4v) is 8.30. The zero-order valence-corrected chi connectivity index (χ0v) is 18.1. The first-order valence-electron chi connectivity index (χ1n) is 8.35. The molecule has 2 N–H and O–H groups in total. The minimum absolute atomic E-state index is 0.201. The van der Waals surface area contributed by atoms with Crippen LogP contribution >= 0.6 is 43.2 Å². The van der Waals surface area contributed by atoms with E-state index in [1.54, 1.807) is 43.2 Å². The summed E-state index contributed by atoms with van der Waals surface area (Å²) >= 11 is 0. The monoisotopic (exact) mass is 411 g/mol. The Morgan fingerprint density at radius 3 is 2.62 bits per heavy atom. The number of carboxylic acids is 1. The van der Waals surface area contributed by atoms with Crippen LogP contribution in [-0.2, 0) is 9.59 Å². The van der Waals surface area contributed by atoms with Crippen LogP contribution in [0.5, 0.6) is 0 Å². The van der Waals surface area contributed by atoms with Gasteiger partial charge < -0.3 is 10.4 Å². The molecule has 24 heavy (non-hydrogen) atoms. The standard InChI is InChI=1S/C16H29NO3S4/c1-11(2)7-5-6-8-12-9-22-24-16(3,4)15(20)17-13(14(18)19)10-21-23-12/h11-13H,5-10H2,1-4H3,(H,17,20)(H,18,19). The van der Waals surface area contributed by atoms with E-state index in [0.29, 0.717) is 11.0 Å². The van der Waals surface area contributed by atoms with E-state index in [1.807, 2.05) is 13.8 Å². The second kappa shape index (κ2) is 11.1. The fraction of sp³-hybridized carbons (Fsp3) is 0.875. The molecule has 8 heteroatoms. The normalized spacial score (nSPS) is 25.8. The molecule has 0 aromatic heterocycles. The van der Waals surface area contributed by atoms with E-state index < -0.39 is 16.8 Å². The first-order chi connectivity index (χ1) is 11.2. The Morgan fingerprint density at radius 1 is 1.29 bits per heavy atom. The Morgan fingerprint density at radius 2 is 2.00 bits per heavy atom. The van der Waals surface area contributed by atoms with Gasteiger partial charge in [-0.05, 0) is 26.2 Å². The third kappa shape index (κ3) is 8.63. The lowest BCUT2D eigenvalue weighted by Crippen LogP contribution is -2.49. The van der Waals surface area contributed by atoms with Crippen molar-refractivity contribution in [3.8, 4) is 0 Å². The maximum absolute atomic E-state index is 12.3. The van der Waals surface area contributed by atoms with E-state index in [1.165, 1.54) is 19.3 Å². The number of unbranched alkanes of at least 4 members (excludes halogenated alkanes) is 1. The highest BCUT2D eigenvalue weighted by Gasteiger charge is 2.33. The van der Waals surface area contributed by atoms with Crippen molar-refractivity contribution >= 4 is 55.1 Å². The summed E-state index contributed by atoms with van der Waals surface area (Å²) in [5.41, 5.74) is 0. The average Bonchev–Trinajstić information content (AvgIpc) is 2.50. The lowest BCUT2D eigenvalue weighted by Gasteiger charge is -2.24. The zero-order valence-electron chi connectivity index (χ0n) is 14.9. The molecule has 1 aliphatic rings. The highest BCUT2D eigenvalue weighted by atomic mass is 33.1. The second-order valence-electron chi connectivity index (χ2n) is 6.92. The van der Waals surface area contributed by atoms with Crippen molar-refractivity contribution in [2.24, 2.45) is 5.92 Å². The van der Waals surface area contributed by atoms with Crippen LogP contribution in [0.1, 0.15) is 53.4 Å². The van der Waals surface area contributed by atoms with Crippen molar-refractivity contribution in [3.63, 3.8) is 0 Å². The van der Waals surface area contributed by atoms with Crippen LogP contribution in [0.25, 0.3) is 0 Å². The number of hydrogen-bond donors (Lipinski definition) is 2. The molecule has 0 bridgehead atoms. The van der Waals surface area contributed by atoms with E-state index >= 15 is 0 Å². The van der Waals surface area contributed by atoms with Crippen molar-refractivity contribution in [2.75, 3.05) is 11.5 Å². The quantitative estimate of drug-likeness (QED) is 0.485. The lowest BCUT2D eigenvalue weighted by atomic mass is 10.0. The minimum atomic E-state index is -0.961. The maximum atomic E-state index is 12.3. The summed E-state index contributed by atoms with van der Waals surface area (Å²) in [6.45, 7) is 8.22. The van der Waals surface area contributed by atoms with Crippen LogP contribution < -0.4 is 5.32 Å². The van der Waals surface area contributed by atoms with Gasteiger partial charge in [0, 0.05) is 16.8 Å². The number of carbonyl (C=O) groups excluding carboxylic acids is 1. The van der Waals surface area contributed by atoms with Gasteiger partial charge in [0.15, 0.2) is 0 Å². The molecule has 1 aliphatic heterocycles. The Labute approximate surface area is 161 Å². The topological polar surface area (TPSA) is 66.4 Å². The van der Waals surface area contributed by atoms with Gasteiger partial charge in [0.1, 0.15) is 6.04 Å². The highest BCUT2D eigenvalue weighted by molar-refractivity contribution is 8.78. The van der Waals surface area contributed by atoms with Gasteiger partial charge in [-0.25, -0.2) is 4.79 Å².